The highest BCUT2D eigenvalue weighted by Gasteiger charge is 2.06. The topological polar surface area (TPSA) is 53.9 Å². The van der Waals surface area contributed by atoms with Gasteiger partial charge in [-0.2, -0.15) is 15.0 Å². The number of aromatic nitrogens is 3. The molecule has 0 aliphatic heterocycles. The first kappa shape index (κ1) is 12.0. The van der Waals surface area contributed by atoms with Crippen LogP contribution in [0.4, 0.5) is 11.9 Å². The van der Waals surface area contributed by atoms with Crippen LogP contribution >= 0.6 is 11.6 Å². The standard InChI is InChI=1S/C9H16ClN5/c1-6(2)5-11-8-12-7(10)13-9(14-8)15(3)4/h6H,5H2,1-4H3,(H,11,12,13,14). The Morgan fingerprint density at radius 1 is 1.27 bits per heavy atom. The van der Waals surface area contributed by atoms with Crippen molar-refractivity contribution in [2.75, 3.05) is 30.9 Å². The van der Waals surface area contributed by atoms with Gasteiger partial charge in [-0.1, -0.05) is 13.8 Å². The molecule has 0 bridgehead atoms. The van der Waals surface area contributed by atoms with Crippen molar-refractivity contribution < 1.29 is 0 Å². The first-order valence-corrected chi connectivity index (χ1v) is 5.19. The van der Waals surface area contributed by atoms with Gasteiger partial charge in [0.1, 0.15) is 0 Å². The molecule has 1 aromatic heterocycles. The summed E-state index contributed by atoms with van der Waals surface area (Å²) in [5, 5.41) is 3.32. The molecule has 84 valence electrons. The van der Waals surface area contributed by atoms with Crippen LogP contribution in [0.2, 0.25) is 5.28 Å². The van der Waals surface area contributed by atoms with E-state index in [9.17, 15) is 0 Å². The molecule has 0 spiro atoms. The van der Waals surface area contributed by atoms with Gasteiger partial charge >= 0.3 is 0 Å². The fourth-order valence-corrected chi connectivity index (χ4v) is 1.07. The molecule has 1 aromatic rings. The molecular weight excluding hydrogens is 214 g/mol. The number of nitrogens with zero attached hydrogens (tertiary/aromatic N) is 4. The molecule has 1 N–H and O–H groups in total. The lowest BCUT2D eigenvalue weighted by Crippen LogP contribution is -2.16. The maximum Gasteiger partial charge on any atom is 0.230 e. The number of anilines is 2. The largest absolute Gasteiger partial charge is 0.354 e. The van der Waals surface area contributed by atoms with E-state index in [0.29, 0.717) is 17.8 Å². The first-order chi connectivity index (χ1) is 6.99. The van der Waals surface area contributed by atoms with Gasteiger partial charge in [-0.05, 0) is 17.5 Å². The monoisotopic (exact) mass is 229 g/mol. The summed E-state index contributed by atoms with van der Waals surface area (Å²) >= 11 is 5.78. The molecule has 0 aliphatic carbocycles. The molecule has 0 aromatic carbocycles. The van der Waals surface area contributed by atoms with E-state index in [1.165, 1.54) is 0 Å². The Bertz CT molecular complexity index is 326. The number of hydrogen-bond donors (Lipinski definition) is 1. The maximum atomic E-state index is 5.78. The van der Waals surface area contributed by atoms with Crippen molar-refractivity contribution in [3.63, 3.8) is 0 Å². The molecule has 6 heteroatoms. The lowest BCUT2D eigenvalue weighted by atomic mass is 10.2. The van der Waals surface area contributed by atoms with E-state index in [4.69, 9.17) is 11.6 Å². The first-order valence-electron chi connectivity index (χ1n) is 4.82. The SMILES string of the molecule is CC(C)CNc1nc(Cl)nc(N(C)C)n1. The van der Waals surface area contributed by atoms with Gasteiger partial charge < -0.3 is 10.2 Å². The van der Waals surface area contributed by atoms with Crippen LogP contribution < -0.4 is 10.2 Å². The van der Waals surface area contributed by atoms with Gasteiger partial charge in [0.05, 0.1) is 0 Å². The van der Waals surface area contributed by atoms with Crippen molar-refractivity contribution in [1.82, 2.24) is 15.0 Å². The summed E-state index contributed by atoms with van der Waals surface area (Å²) in [6.07, 6.45) is 0. The summed E-state index contributed by atoms with van der Waals surface area (Å²) in [7, 11) is 3.72. The summed E-state index contributed by atoms with van der Waals surface area (Å²) < 4.78 is 0. The van der Waals surface area contributed by atoms with Crippen molar-refractivity contribution in [2.45, 2.75) is 13.8 Å². The Balaban J connectivity index is 2.79. The predicted octanol–water partition coefficient (Wildman–Crippen LogP) is 1.66. The Morgan fingerprint density at radius 3 is 2.47 bits per heavy atom. The minimum Gasteiger partial charge on any atom is -0.354 e. The van der Waals surface area contributed by atoms with Crippen molar-refractivity contribution in [1.29, 1.82) is 0 Å². The summed E-state index contributed by atoms with van der Waals surface area (Å²) in [4.78, 5) is 14.0. The van der Waals surface area contributed by atoms with Crippen molar-refractivity contribution in [2.24, 2.45) is 5.92 Å². The fourth-order valence-electron chi connectivity index (χ4n) is 0.914. The van der Waals surface area contributed by atoms with Gasteiger partial charge in [0.15, 0.2) is 0 Å². The number of halogens is 1. The molecule has 0 aliphatic rings. The van der Waals surface area contributed by atoms with Gasteiger partial charge in [-0.3, -0.25) is 0 Å². The molecule has 15 heavy (non-hydrogen) atoms. The Hall–Kier alpha value is -1.10. The van der Waals surface area contributed by atoms with Crippen LogP contribution in [0.25, 0.3) is 0 Å². The number of nitrogens with one attached hydrogen (secondary N) is 1. The molecule has 5 nitrogen and oxygen atoms in total. The Kier molecular flexibility index (Phi) is 4.08. The normalized spacial score (nSPS) is 10.5. The molecular formula is C9H16ClN5. The van der Waals surface area contributed by atoms with Gasteiger partial charge in [-0.25, -0.2) is 0 Å². The second kappa shape index (κ2) is 5.11. The fraction of sp³-hybridized carbons (Fsp3) is 0.667. The quantitative estimate of drug-likeness (QED) is 0.851. The van der Waals surface area contributed by atoms with E-state index < -0.39 is 0 Å². The van der Waals surface area contributed by atoms with Crippen molar-refractivity contribution in [3.8, 4) is 0 Å². The lowest BCUT2D eigenvalue weighted by molar-refractivity contribution is 0.684. The van der Waals surface area contributed by atoms with Crippen LogP contribution in [-0.4, -0.2) is 35.6 Å². The van der Waals surface area contributed by atoms with Crippen LogP contribution in [0.3, 0.4) is 0 Å². The van der Waals surface area contributed by atoms with Gasteiger partial charge in [0.25, 0.3) is 0 Å². The zero-order chi connectivity index (χ0) is 11.4. The van der Waals surface area contributed by atoms with Gasteiger partial charge in [-0.15, -0.1) is 0 Å². The summed E-state index contributed by atoms with van der Waals surface area (Å²) in [5.74, 6) is 1.61. The molecule has 1 rings (SSSR count). The third-order valence-corrected chi connectivity index (χ3v) is 1.83. The third-order valence-electron chi connectivity index (χ3n) is 1.66. The van der Waals surface area contributed by atoms with E-state index in [2.05, 4.69) is 34.1 Å². The third kappa shape index (κ3) is 3.87. The number of hydrogen-bond acceptors (Lipinski definition) is 5. The average Bonchev–Trinajstić information content (AvgIpc) is 2.13. The molecule has 0 radical (unpaired) electrons. The second-order valence-corrected chi connectivity index (χ2v) is 4.24. The zero-order valence-corrected chi connectivity index (χ0v) is 10.2. The van der Waals surface area contributed by atoms with E-state index in [1.807, 2.05) is 14.1 Å². The molecule has 0 unspecified atom stereocenters. The summed E-state index contributed by atoms with van der Waals surface area (Å²) in [6, 6.07) is 0. The van der Waals surface area contributed by atoms with Crippen LogP contribution in [0, 0.1) is 5.92 Å². The minimum absolute atomic E-state index is 0.208. The predicted molar refractivity (Wildman–Crippen MR) is 62.5 cm³/mol. The van der Waals surface area contributed by atoms with E-state index in [1.54, 1.807) is 4.90 Å². The molecule has 0 saturated heterocycles. The Labute approximate surface area is 94.9 Å². The summed E-state index contributed by atoms with van der Waals surface area (Å²) in [6.45, 7) is 5.04. The van der Waals surface area contributed by atoms with E-state index >= 15 is 0 Å². The van der Waals surface area contributed by atoms with Crippen molar-refractivity contribution in [3.05, 3.63) is 5.28 Å². The van der Waals surface area contributed by atoms with Crippen LogP contribution in [0.1, 0.15) is 13.8 Å². The highest BCUT2D eigenvalue weighted by Crippen LogP contribution is 2.11. The second-order valence-electron chi connectivity index (χ2n) is 3.90. The smallest absolute Gasteiger partial charge is 0.230 e. The highest BCUT2D eigenvalue weighted by atomic mass is 35.5. The molecule has 0 amide bonds. The van der Waals surface area contributed by atoms with E-state index in [0.717, 1.165) is 6.54 Å². The Morgan fingerprint density at radius 2 is 1.93 bits per heavy atom. The van der Waals surface area contributed by atoms with E-state index in [-0.39, 0.29) is 5.28 Å². The average molecular weight is 230 g/mol. The molecule has 0 fully saturated rings. The molecule has 0 atom stereocenters. The van der Waals surface area contributed by atoms with Crippen molar-refractivity contribution >= 4 is 23.5 Å². The maximum absolute atomic E-state index is 5.78. The van der Waals surface area contributed by atoms with Gasteiger partial charge in [0, 0.05) is 20.6 Å². The summed E-state index contributed by atoms with van der Waals surface area (Å²) in [5.41, 5.74) is 0. The zero-order valence-electron chi connectivity index (χ0n) is 9.45. The lowest BCUT2D eigenvalue weighted by Gasteiger charge is -2.12. The molecule has 1 heterocycles. The van der Waals surface area contributed by atoms with Crippen LogP contribution in [-0.2, 0) is 0 Å². The minimum atomic E-state index is 0.208. The van der Waals surface area contributed by atoms with Crippen LogP contribution in [0.15, 0.2) is 0 Å². The molecule has 0 saturated carbocycles. The van der Waals surface area contributed by atoms with Gasteiger partial charge in [0.2, 0.25) is 17.2 Å². The van der Waals surface area contributed by atoms with Crippen LogP contribution in [0.5, 0.6) is 0 Å². The number of rotatable bonds is 4. The highest BCUT2D eigenvalue weighted by molar-refractivity contribution is 6.28.